The second-order valence-corrected chi connectivity index (χ2v) is 4.80. The fourth-order valence-electron chi connectivity index (χ4n) is 2.20. The molecule has 2 aromatic rings. The lowest BCUT2D eigenvalue weighted by atomic mass is 10.1. The molecule has 1 aliphatic rings. The van der Waals surface area contributed by atoms with Crippen molar-refractivity contribution >= 4 is 35.3 Å². The third-order valence-corrected chi connectivity index (χ3v) is 3.44. The predicted octanol–water partition coefficient (Wildman–Crippen LogP) is 2.61. The van der Waals surface area contributed by atoms with Crippen LogP contribution in [0.25, 0.3) is 0 Å². The standard InChI is InChI=1S/C14H7ClFNO4/c15-9-3-4-10(16)12-11(9)13(19)14(20)17(12)5-7-1-2-8(6-18)21-7/h1-4,6H,5H2. The first-order valence-electron chi connectivity index (χ1n) is 5.91. The van der Waals surface area contributed by atoms with Gasteiger partial charge >= 0.3 is 0 Å². The molecule has 1 aromatic carbocycles. The minimum absolute atomic E-state index is 0.0141. The van der Waals surface area contributed by atoms with Crippen LogP contribution in [0.1, 0.15) is 26.7 Å². The average molecular weight is 308 g/mol. The van der Waals surface area contributed by atoms with Gasteiger partial charge in [-0.25, -0.2) is 4.39 Å². The summed E-state index contributed by atoms with van der Waals surface area (Å²) in [6, 6.07) is 5.20. The fourth-order valence-corrected chi connectivity index (χ4v) is 2.44. The lowest BCUT2D eigenvalue weighted by molar-refractivity contribution is -0.114. The maximum Gasteiger partial charge on any atom is 0.300 e. The smallest absolute Gasteiger partial charge is 0.300 e. The first kappa shape index (κ1) is 13.5. The molecule has 0 spiro atoms. The molecule has 21 heavy (non-hydrogen) atoms. The van der Waals surface area contributed by atoms with E-state index in [1.165, 1.54) is 18.2 Å². The summed E-state index contributed by atoms with van der Waals surface area (Å²) in [5.74, 6) is -2.14. The Bertz CT molecular complexity index is 783. The van der Waals surface area contributed by atoms with Crippen LogP contribution in [0, 0.1) is 5.82 Å². The number of aldehydes is 1. The van der Waals surface area contributed by atoms with Crippen molar-refractivity contribution in [1.29, 1.82) is 0 Å². The number of halogens is 2. The van der Waals surface area contributed by atoms with Gasteiger partial charge in [-0.1, -0.05) is 11.6 Å². The highest BCUT2D eigenvalue weighted by Gasteiger charge is 2.40. The minimum atomic E-state index is -0.888. The van der Waals surface area contributed by atoms with E-state index in [0.717, 1.165) is 11.0 Å². The number of rotatable bonds is 3. The Kier molecular flexibility index (Phi) is 3.10. The first-order valence-corrected chi connectivity index (χ1v) is 6.29. The lowest BCUT2D eigenvalue weighted by Crippen LogP contribution is -2.29. The van der Waals surface area contributed by atoms with Gasteiger partial charge in [-0.2, -0.15) is 0 Å². The number of anilines is 1. The zero-order valence-electron chi connectivity index (χ0n) is 10.4. The van der Waals surface area contributed by atoms with Gasteiger partial charge in [0.25, 0.3) is 11.7 Å². The molecule has 0 aliphatic carbocycles. The molecular formula is C14H7ClFNO4. The largest absolute Gasteiger partial charge is 0.456 e. The van der Waals surface area contributed by atoms with Gasteiger partial charge in [-0.15, -0.1) is 0 Å². The number of furan rings is 1. The van der Waals surface area contributed by atoms with E-state index in [1.807, 2.05) is 0 Å². The number of hydrogen-bond donors (Lipinski definition) is 0. The van der Waals surface area contributed by atoms with E-state index in [2.05, 4.69) is 0 Å². The van der Waals surface area contributed by atoms with Crippen molar-refractivity contribution in [2.24, 2.45) is 0 Å². The molecule has 0 atom stereocenters. The average Bonchev–Trinajstić information content (AvgIpc) is 3.02. The van der Waals surface area contributed by atoms with Crippen molar-refractivity contribution in [3.8, 4) is 0 Å². The van der Waals surface area contributed by atoms with E-state index in [0.29, 0.717) is 6.29 Å². The molecule has 0 bridgehead atoms. The molecule has 0 saturated heterocycles. The highest BCUT2D eigenvalue weighted by molar-refractivity contribution is 6.55. The normalized spacial score (nSPS) is 13.7. The van der Waals surface area contributed by atoms with E-state index in [1.54, 1.807) is 0 Å². The van der Waals surface area contributed by atoms with Gasteiger partial charge < -0.3 is 4.42 Å². The number of hydrogen-bond acceptors (Lipinski definition) is 4. The Morgan fingerprint density at radius 1 is 1.24 bits per heavy atom. The van der Waals surface area contributed by atoms with E-state index in [9.17, 15) is 18.8 Å². The maximum atomic E-state index is 14.0. The molecule has 0 saturated carbocycles. The molecule has 3 rings (SSSR count). The number of fused-ring (bicyclic) bond motifs is 1. The zero-order chi connectivity index (χ0) is 15.1. The highest BCUT2D eigenvalue weighted by atomic mass is 35.5. The van der Waals surface area contributed by atoms with E-state index >= 15 is 0 Å². The number of carbonyl (C=O) groups is 3. The van der Waals surface area contributed by atoms with Crippen molar-refractivity contribution in [2.75, 3.05) is 4.90 Å². The SMILES string of the molecule is O=Cc1ccc(CN2C(=O)C(=O)c3c(Cl)ccc(F)c32)o1. The molecule has 0 fully saturated rings. The molecule has 106 valence electrons. The van der Waals surface area contributed by atoms with Crippen molar-refractivity contribution in [2.45, 2.75) is 6.54 Å². The molecule has 1 aromatic heterocycles. The maximum absolute atomic E-state index is 14.0. The van der Waals surface area contributed by atoms with Gasteiger partial charge in [0.15, 0.2) is 12.0 Å². The van der Waals surface area contributed by atoms with Crippen LogP contribution >= 0.6 is 11.6 Å². The van der Waals surface area contributed by atoms with E-state index in [4.69, 9.17) is 16.0 Å². The Labute approximate surface area is 122 Å². The van der Waals surface area contributed by atoms with Gasteiger partial charge in [0.05, 0.1) is 22.8 Å². The van der Waals surface area contributed by atoms with Crippen LogP contribution in [0.15, 0.2) is 28.7 Å². The van der Waals surface area contributed by atoms with Gasteiger partial charge in [0.1, 0.15) is 11.6 Å². The second kappa shape index (κ2) is 4.82. The summed E-state index contributed by atoms with van der Waals surface area (Å²) in [7, 11) is 0. The summed E-state index contributed by atoms with van der Waals surface area (Å²) >= 11 is 5.86. The summed E-state index contributed by atoms with van der Waals surface area (Å²) in [4.78, 5) is 35.4. The van der Waals surface area contributed by atoms with Crippen LogP contribution in [-0.4, -0.2) is 18.0 Å². The third-order valence-electron chi connectivity index (χ3n) is 3.13. The summed E-state index contributed by atoms with van der Waals surface area (Å²) in [5.41, 5.74) is -0.314. The van der Waals surface area contributed by atoms with Crippen molar-refractivity contribution < 1.29 is 23.2 Å². The Balaban J connectivity index is 2.05. The molecule has 5 nitrogen and oxygen atoms in total. The van der Waals surface area contributed by atoms with Crippen molar-refractivity contribution in [3.05, 3.63) is 52.2 Å². The molecule has 0 radical (unpaired) electrons. The number of benzene rings is 1. The summed E-state index contributed by atoms with van der Waals surface area (Å²) in [5, 5.41) is 0.0141. The van der Waals surface area contributed by atoms with Gasteiger partial charge in [-0.3, -0.25) is 19.3 Å². The lowest BCUT2D eigenvalue weighted by Gasteiger charge is -2.15. The van der Waals surface area contributed by atoms with E-state index < -0.39 is 17.5 Å². The van der Waals surface area contributed by atoms with Crippen LogP contribution in [0.3, 0.4) is 0 Å². The third kappa shape index (κ3) is 2.04. The number of amides is 1. The summed E-state index contributed by atoms with van der Waals surface area (Å²) < 4.78 is 19.1. The first-order chi connectivity index (χ1) is 10.0. The highest BCUT2D eigenvalue weighted by Crippen LogP contribution is 2.37. The monoisotopic (exact) mass is 307 g/mol. The Morgan fingerprint density at radius 2 is 2.00 bits per heavy atom. The van der Waals surface area contributed by atoms with Crippen LogP contribution in [0.5, 0.6) is 0 Å². The van der Waals surface area contributed by atoms with Gasteiger partial charge in [0, 0.05) is 0 Å². The van der Waals surface area contributed by atoms with Crippen LogP contribution in [0.2, 0.25) is 5.02 Å². The van der Waals surface area contributed by atoms with Crippen molar-refractivity contribution in [3.63, 3.8) is 0 Å². The molecule has 7 heteroatoms. The van der Waals surface area contributed by atoms with Gasteiger partial charge in [-0.05, 0) is 24.3 Å². The molecule has 0 N–H and O–H groups in total. The minimum Gasteiger partial charge on any atom is -0.456 e. The van der Waals surface area contributed by atoms with E-state index in [-0.39, 0.29) is 34.3 Å². The quantitative estimate of drug-likeness (QED) is 0.645. The molecular weight excluding hydrogens is 301 g/mol. The van der Waals surface area contributed by atoms with Gasteiger partial charge in [0.2, 0.25) is 0 Å². The van der Waals surface area contributed by atoms with Crippen LogP contribution < -0.4 is 4.90 Å². The predicted molar refractivity (Wildman–Crippen MR) is 71.0 cm³/mol. The number of carbonyl (C=O) groups excluding carboxylic acids is 3. The Morgan fingerprint density at radius 3 is 2.67 bits per heavy atom. The summed E-state index contributed by atoms with van der Waals surface area (Å²) in [6.07, 6.45) is 0.506. The number of nitrogens with zero attached hydrogens (tertiary/aromatic N) is 1. The second-order valence-electron chi connectivity index (χ2n) is 4.40. The molecule has 1 aliphatic heterocycles. The zero-order valence-corrected chi connectivity index (χ0v) is 11.2. The van der Waals surface area contributed by atoms with Crippen molar-refractivity contribution in [1.82, 2.24) is 0 Å². The molecule has 0 unspecified atom stereocenters. The van der Waals surface area contributed by atoms with Crippen LogP contribution in [-0.2, 0) is 11.3 Å². The number of ketones is 1. The molecule has 1 amide bonds. The topological polar surface area (TPSA) is 67.6 Å². The summed E-state index contributed by atoms with van der Waals surface area (Å²) in [6.45, 7) is -0.164. The Hall–Kier alpha value is -2.47. The van der Waals surface area contributed by atoms with Crippen LogP contribution in [0.4, 0.5) is 10.1 Å². The number of Topliss-reactive ketones (excluding diaryl/α,β-unsaturated/α-hetero) is 1. The fraction of sp³-hybridized carbons (Fsp3) is 0.0714. The molecule has 2 heterocycles.